The van der Waals surface area contributed by atoms with Gasteiger partial charge in [-0.05, 0) is 60.6 Å². The number of rotatable bonds is 7. The zero-order valence-corrected chi connectivity index (χ0v) is 21.0. The van der Waals surface area contributed by atoms with Gasteiger partial charge in [-0.3, -0.25) is 9.59 Å². The van der Waals surface area contributed by atoms with Crippen molar-refractivity contribution in [3.8, 4) is 17.2 Å². The molecule has 0 spiro atoms. The first kappa shape index (κ1) is 25.6. The maximum absolute atomic E-state index is 13.7. The molecule has 0 aromatic heterocycles. The fraction of sp³-hybridized carbons (Fsp3) is 0.300. The molecule has 1 fully saturated rings. The Morgan fingerprint density at radius 1 is 1.06 bits per heavy atom. The highest BCUT2D eigenvalue weighted by Crippen LogP contribution is 2.38. The van der Waals surface area contributed by atoms with E-state index in [1.54, 1.807) is 24.3 Å². The molecular weight excluding hydrogens is 472 g/mol. The highest BCUT2D eigenvalue weighted by molar-refractivity contribution is 6.32. The van der Waals surface area contributed by atoms with Crippen LogP contribution < -0.4 is 5.32 Å². The number of ketones is 1. The largest absolute Gasteiger partial charge is 0.379 e. The molecule has 1 atom stereocenters. The number of amides is 1. The third kappa shape index (κ3) is 5.51. The van der Waals surface area contributed by atoms with Crippen molar-refractivity contribution in [1.29, 1.82) is 5.26 Å². The van der Waals surface area contributed by atoms with Crippen LogP contribution in [-0.4, -0.2) is 22.4 Å². The summed E-state index contributed by atoms with van der Waals surface area (Å²) >= 11 is 6.17. The maximum Gasteiger partial charge on any atom is 0.256 e. The molecule has 0 radical (unpaired) electrons. The van der Waals surface area contributed by atoms with Crippen LogP contribution in [0.3, 0.4) is 0 Å². The van der Waals surface area contributed by atoms with Crippen molar-refractivity contribution in [2.75, 3.05) is 5.32 Å². The minimum absolute atomic E-state index is 0.00101. The fourth-order valence-electron chi connectivity index (χ4n) is 5.04. The second-order valence-electron chi connectivity index (χ2n) is 9.49. The highest BCUT2D eigenvalue weighted by Gasteiger charge is 2.44. The number of aliphatic hydroxyl groups is 1. The summed E-state index contributed by atoms with van der Waals surface area (Å²) in [5, 5.41) is 24.3. The van der Waals surface area contributed by atoms with Gasteiger partial charge in [0.25, 0.3) is 5.91 Å². The molecule has 4 rings (SSSR count). The number of Topliss-reactive ketones (excluding diaryl/α,β-unsaturated/α-hetero) is 1. The molecule has 5 nitrogen and oxygen atoms in total. The van der Waals surface area contributed by atoms with E-state index in [0.717, 1.165) is 48.8 Å². The van der Waals surface area contributed by atoms with Crippen LogP contribution in [0, 0.1) is 17.2 Å². The summed E-state index contributed by atoms with van der Waals surface area (Å²) in [4.78, 5) is 25.4. The van der Waals surface area contributed by atoms with Crippen LogP contribution in [0.25, 0.3) is 11.1 Å². The van der Waals surface area contributed by atoms with Gasteiger partial charge in [0.15, 0.2) is 5.78 Å². The van der Waals surface area contributed by atoms with E-state index in [4.69, 9.17) is 16.9 Å². The minimum atomic E-state index is -1.63. The third-order valence-electron chi connectivity index (χ3n) is 7.10. The number of carbonyl (C=O) groups excluding carboxylic acids is 2. The predicted molar refractivity (Wildman–Crippen MR) is 142 cm³/mol. The van der Waals surface area contributed by atoms with Crippen LogP contribution >= 0.6 is 11.6 Å². The van der Waals surface area contributed by atoms with Crippen LogP contribution in [0.1, 0.15) is 60.5 Å². The number of nitrogens with zero attached hydrogens (tertiary/aromatic N) is 1. The first-order valence-electron chi connectivity index (χ1n) is 12.2. The Hall–Kier alpha value is -3.46. The Morgan fingerprint density at radius 2 is 1.75 bits per heavy atom. The molecule has 1 aliphatic carbocycles. The van der Waals surface area contributed by atoms with E-state index in [1.165, 1.54) is 13.0 Å². The normalized spacial score (nSPS) is 15.5. The highest BCUT2D eigenvalue weighted by atomic mass is 35.5. The molecule has 1 amide bonds. The first-order valence-corrected chi connectivity index (χ1v) is 12.6. The van der Waals surface area contributed by atoms with Gasteiger partial charge in [0.05, 0.1) is 10.6 Å². The van der Waals surface area contributed by atoms with E-state index in [0.29, 0.717) is 16.8 Å². The van der Waals surface area contributed by atoms with Gasteiger partial charge in [0.2, 0.25) is 0 Å². The Labute approximate surface area is 216 Å². The van der Waals surface area contributed by atoms with Gasteiger partial charge < -0.3 is 10.4 Å². The first-order chi connectivity index (χ1) is 17.3. The van der Waals surface area contributed by atoms with Crippen molar-refractivity contribution >= 4 is 29.0 Å². The van der Waals surface area contributed by atoms with E-state index in [-0.39, 0.29) is 23.1 Å². The molecule has 36 heavy (non-hydrogen) atoms. The Balaban J connectivity index is 1.68. The van der Waals surface area contributed by atoms with Crippen LogP contribution in [-0.2, 0) is 11.2 Å². The number of hydrogen-bond donors (Lipinski definition) is 2. The smallest absolute Gasteiger partial charge is 0.256 e. The zero-order valence-electron chi connectivity index (χ0n) is 20.3. The van der Waals surface area contributed by atoms with Gasteiger partial charge >= 0.3 is 0 Å². The molecule has 1 saturated carbocycles. The minimum Gasteiger partial charge on any atom is -0.379 e. The molecule has 1 aliphatic rings. The SMILES string of the molecule is CC(=O)c1ccc(-c2ccccc2CC(O)(C(=O)Nc2ccc(C#N)c(Cl)c2)C2CCCCC2)cc1. The average Bonchev–Trinajstić information content (AvgIpc) is 2.89. The van der Waals surface area contributed by atoms with Crippen LogP contribution in [0.4, 0.5) is 5.69 Å². The molecule has 0 bridgehead atoms. The van der Waals surface area contributed by atoms with Gasteiger partial charge in [-0.15, -0.1) is 0 Å². The average molecular weight is 501 g/mol. The molecular formula is C30H29ClN2O3. The molecule has 0 saturated heterocycles. The van der Waals surface area contributed by atoms with E-state index in [2.05, 4.69) is 5.32 Å². The van der Waals surface area contributed by atoms with Gasteiger partial charge in [0.1, 0.15) is 11.7 Å². The van der Waals surface area contributed by atoms with Crippen LogP contribution in [0.15, 0.2) is 66.7 Å². The Kier molecular flexibility index (Phi) is 7.88. The van der Waals surface area contributed by atoms with Gasteiger partial charge in [-0.25, -0.2) is 0 Å². The Bertz CT molecular complexity index is 1310. The van der Waals surface area contributed by atoms with Crippen LogP contribution in [0.5, 0.6) is 0 Å². The number of anilines is 1. The summed E-state index contributed by atoms with van der Waals surface area (Å²) in [6.45, 7) is 1.53. The van der Waals surface area contributed by atoms with Crippen molar-refractivity contribution in [1.82, 2.24) is 0 Å². The molecule has 3 aromatic carbocycles. The number of nitriles is 1. The topological polar surface area (TPSA) is 90.2 Å². The van der Waals surface area contributed by atoms with E-state index in [9.17, 15) is 14.7 Å². The summed E-state index contributed by atoms with van der Waals surface area (Å²) in [5.41, 5.74) is 2.45. The van der Waals surface area contributed by atoms with Gasteiger partial charge in [-0.1, -0.05) is 79.4 Å². The second kappa shape index (κ2) is 11.1. The van der Waals surface area contributed by atoms with Gasteiger partial charge in [-0.2, -0.15) is 5.26 Å². The molecule has 1 unspecified atom stereocenters. The monoisotopic (exact) mass is 500 g/mol. The lowest BCUT2D eigenvalue weighted by Crippen LogP contribution is -2.51. The number of nitrogens with one attached hydrogen (secondary N) is 1. The predicted octanol–water partition coefficient (Wildman–Crippen LogP) is 6.57. The lowest BCUT2D eigenvalue weighted by atomic mass is 9.72. The van der Waals surface area contributed by atoms with Gasteiger partial charge in [0, 0.05) is 17.7 Å². The van der Waals surface area contributed by atoms with Crippen molar-refractivity contribution < 1.29 is 14.7 Å². The van der Waals surface area contributed by atoms with Crippen molar-refractivity contribution in [2.45, 2.75) is 51.0 Å². The molecule has 6 heteroatoms. The summed E-state index contributed by atoms with van der Waals surface area (Å²) < 4.78 is 0. The number of benzene rings is 3. The van der Waals surface area contributed by atoms with E-state index >= 15 is 0 Å². The third-order valence-corrected chi connectivity index (χ3v) is 7.41. The summed E-state index contributed by atoms with van der Waals surface area (Å²) in [7, 11) is 0. The number of halogens is 1. The van der Waals surface area contributed by atoms with Crippen molar-refractivity contribution in [3.05, 3.63) is 88.4 Å². The fourth-order valence-corrected chi connectivity index (χ4v) is 5.27. The molecule has 3 aromatic rings. The maximum atomic E-state index is 13.7. The number of carbonyl (C=O) groups is 2. The van der Waals surface area contributed by atoms with Crippen molar-refractivity contribution in [2.24, 2.45) is 5.92 Å². The summed E-state index contributed by atoms with van der Waals surface area (Å²) in [5.74, 6) is -0.661. The van der Waals surface area contributed by atoms with Crippen molar-refractivity contribution in [3.63, 3.8) is 0 Å². The Morgan fingerprint density at radius 3 is 2.39 bits per heavy atom. The van der Waals surface area contributed by atoms with E-state index in [1.807, 2.05) is 42.5 Å². The summed E-state index contributed by atoms with van der Waals surface area (Å²) in [6, 6.07) is 21.8. The number of hydrogen-bond acceptors (Lipinski definition) is 4. The lowest BCUT2D eigenvalue weighted by molar-refractivity contribution is -0.141. The lowest BCUT2D eigenvalue weighted by Gasteiger charge is -2.38. The van der Waals surface area contributed by atoms with E-state index < -0.39 is 11.5 Å². The zero-order chi connectivity index (χ0) is 25.7. The summed E-state index contributed by atoms with van der Waals surface area (Å²) in [6.07, 6.45) is 4.73. The molecule has 2 N–H and O–H groups in total. The molecule has 184 valence electrons. The second-order valence-corrected chi connectivity index (χ2v) is 9.89. The van der Waals surface area contributed by atoms with Crippen LogP contribution in [0.2, 0.25) is 5.02 Å². The quantitative estimate of drug-likeness (QED) is 0.359. The molecule has 0 aliphatic heterocycles. The molecule has 0 heterocycles. The standard InChI is InChI=1S/C30H29ClN2O3/c1-20(34)21-11-13-22(14-12-21)27-10-6-5-7-23(27)18-30(36,25-8-3-2-4-9-25)29(35)33-26-16-15-24(19-32)28(31)17-26/h5-7,10-17,25,36H,2-4,8-9,18H2,1H3,(H,33,35).